The van der Waals surface area contributed by atoms with Crippen LogP contribution in [0.5, 0.6) is 0 Å². The molecule has 0 radical (unpaired) electrons. The molecule has 0 saturated carbocycles. The zero-order valence-corrected chi connectivity index (χ0v) is 5.22. The first kappa shape index (κ1) is 7.88. The van der Waals surface area contributed by atoms with E-state index in [0.717, 1.165) is 0 Å². The molecule has 0 aromatic heterocycles. The molecule has 1 aliphatic rings. The third kappa shape index (κ3) is 2.25. The van der Waals surface area contributed by atoms with Gasteiger partial charge in [0.25, 0.3) is 0 Å². The van der Waals surface area contributed by atoms with E-state index in [4.69, 9.17) is 0 Å². The van der Waals surface area contributed by atoms with Gasteiger partial charge in [0, 0.05) is 0 Å². The van der Waals surface area contributed by atoms with E-state index in [-0.39, 0.29) is 18.9 Å². The minimum Gasteiger partial charge on any atom is -0.647 e. The fourth-order valence-electron chi connectivity index (χ4n) is 0.405. The van der Waals surface area contributed by atoms with Gasteiger partial charge in [0.05, 0.1) is 0 Å². The van der Waals surface area contributed by atoms with Crippen molar-refractivity contribution in [3.05, 3.63) is 24.7 Å². The van der Waals surface area contributed by atoms with E-state index in [1.807, 2.05) is 12.2 Å². The molecule has 1 unspecified atom stereocenters. The molecule has 0 aromatic rings. The van der Waals surface area contributed by atoms with Crippen molar-refractivity contribution in [2.24, 2.45) is 5.92 Å². The largest absolute Gasteiger partial charge is 1.00 e. The fraction of sp³-hybridized carbons (Fsp3) is 0.333. The molecule has 0 aliphatic carbocycles. The van der Waals surface area contributed by atoms with Crippen LogP contribution in [0.4, 0.5) is 0 Å². The number of hydrogen-bond donors (Lipinski definition) is 0. The van der Waals surface area contributed by atoms with Gasteiger partial charge in [-0.15, -0.1) is 12.2 Å². The van der Waals surface area contributed by atoms with E-state index in [0.29, 0.717) is 5.92 Å². The monoisotopic (exact) mass is 102 g/mol. The molecule has 0 N–H and O–H groups in total. The summed E-state index contributed by atoms with van der Waals surface area (Å²) in [7, 11) is 0. The van der Waals surface area contributed by atoms with Crippen LogP contribution in [-0.2, 0) is 4.74 Å². The summed E-state index contributed by atoms with van der Waals surface area (Å²) in [5, 5.41) is 0. The third-order valence-electron chi connectivity index (χ3n) is 0.849. The average molecular weight is 102 g/mol. The Hall–Kier alpha value is -0.123. The molecule has 0 saturated heterocycles. The Morgan fingerprint density at radius 2 is 2.38 bits per heavy atom. The molecule has 0 bridgehead atoms. The maximum Gasteiger partial charge on any atom is 1.00 e. The number of allylic oxidation sites excluding steroid dienone is 2. The summed E-state index contributed by atoms with van der Waals surface area (Å²) in [5.74, 6) is 0.494. The molecule has 0 spiro atoms. The van der Waals surface area contributed by atoms with Crippen molar-refractivity contribution in [2.45, 2.75) is 6.92 Å². The number of ether oxygens (including phenoxy) is 1. The van der Waals surface area contributed by atoms with Gasteiger partial charge < -0.3 is 4.74 Å². The first-order valence-electron chi connectivity index (χ1n) is 2.31. The zero-order chi connectivity index (χ0) is 5.11. The van der Waals surface area contributed by atoms with Crippen molar-refractivity contribution in [3.63, 3.8) is 0 Å². The summed E-state index contributed by atoms with van der Waals surface area (Å²) < 4.78 is 4.65. The summed E-state index contributed by atoms with van der Waals surface area (Å²) in [6, 6.07) is 0. The first-order chi connectivity index (χ1) is 3.39. The smallest absolute Gasteiger partial charge is 0.647 e. The van der Waals surface area contributed by atoms with Crippen molar-refractivity contribution in [1.82, 2.24) is 0 Å². The van der Waals surface area contributed by atoms with E-state index < -0.39 is 0 Å². The summed E-state index contributed by atoms with van der Waals surface area (Å²) >= 11 is 0. The topological polar surface area (TPSA) is 9.23 Å². The SMILES string of the molecule is CC1C=[C-]OC=C1.[Li+]. The average Bonchev–Trinajstić information content (AvgIpc) is 1.69. The van der Waals surface area contributed by atoms with Gasteiger partial charge >= 0.3 is 18.9 Å². The van der Waals surface area contributed by atoms with Crippen molar-refractivity contribution in [2.75, 3.05) is 0 Å². The molecule has 8 heavy (non-hydrogen) atoms. The van der Waals surface area contributed by atoms with Crippen LogP contribution >= 0.6 is 0 Å². The van der Waals surface area contributed by atoms with Gasteiger partial charge in [0.2, 0.25) is 0 Å². The van der Waals surface area contributed by atoms with Gasteiger partial charge in [-0.1, -0.05) is 19.4 Å². The summed E-state index contributed by atoms with van der Waals surface area (Å²) in [6.45, 7) is 2.08. The van der Waals surface area contributed by atoms with Crippen LogP contribution in [0.15, 0.2) is 18.4 Å². The van der Waals surface area contributed by atoms with Crippen molar-refractivity contribution in [1.29, 1.82) is 0 Å². The Balaban J connectivity index is 0.000000490. The van der Waals surface area contributed by atoms with E-state index in [2.05, 4.69) is 17.9 Å². The second-order valence-electron chi connectivity index (χ2n) is 1.59. The molecule has 0 aromatic carbocycles. The molecule has 38 valence electrons. The van der Waals surface area contributed by atoms with Crippen LogP contribution in [0.3, 0.4) is 0 Å². The Bertz CT molecular complexity index is 95.1. The van der Waals surface area contributed by atoms with Gasteiger partial charge in [-0.3, -0.25) is 0 Å². The second-order valence-corrected chi connectivity index (χ2v) is 1.59. The van der Waals surface area contributed by atoms with Crippen molar-refractivity contribution >= 4 is 0 Å². The summed E-state index contributed by atoms with van der Waals surface area (Å²) in [6.07, 6.45) is 8.11. The Kier molecular flexibility index (Phi) is 3.77. The zero-order valence-electron chi connectivity index (χ0n) is 5.22. The van der Waals surface area contributed by atoms with Crippen LogP contribution in [0.2, 0.25) is 0 Å². The molecular formula is C6H7LiO. The van der Waals surface area contributed by atoms with E-state index in [1.54, 1.807) is 6.26 Å². The molecule has 1 nitrogen and oxygen atoms in total. The normalized spacial score (nSPS) is 23.9. The van der Waals surface area contributed by atoms with Gasteiger partial charge in [-0.25, -0.2) is 0 Å². The van der Waals surface area contributed by atoms with Crippen LogP contribution in [0.1, 0.15) is 6.92 Å². The van der Waals surface area contributed by atoms with Crippen molar-refractivity contribution in [3.8, 4) is 0 Å². The minimum atomic E-state index is 0. The summed E-state index contributed by atoms with van der Waals surface area (Å²) in [4.78, 5) is 0. The second kappa shape index (κ2) is 3.83. The van der Waals surface area contributed by atoms with Crippen LogP contribution in [0, 0.1) is 12.2 Å². The van der Waals surface area contributed by atoms with Gasteiger partial charge in [-0.2, -0.15) is 0 Å². The van der Waals surface area contributed by atoms with Gasteiger partial charge in [0.15, 0.2) is 0 Å². The fourth-order valence-corrected chi connectivity index (χ4v) is 0.405. The molecule has 1 aliphatic heterocycles. The standard InChI is InChI=1S/C6H7O.Li/c1-6-2-4-7-5-3-6;/h2-4,6H,1H3;/q-1;+1. The molecular weight excluding hydrogens is 95.0 g/mol. The quantitative estimate of drug-likeness (QED) is 0.267. The van der Waals surface area contributed by atoms with E-state index in [1.165, 1.54) is 0 Å². The molecule has 0 amide bonds. The third-order valence-corrected chi connectivity index (χ3v) is 0.849. The predicted octanol–water partition coefficient (Wildman–Crippen LogP) is -1.51. The molecule has 2 heteroatoms. The molecule has 0 fully saturated rings. The molecule has 1 rings (SSSR count). The molecule has 1 atom stereocenters. The number of rotatable bonds is 0. The Morgan fingerprint density at radius 3 is 2.62 bits per heavy atom. The Labute approximate surface area is 61.6 Å². The van der Waals surface area contributed by atoms with E-state index in [9.17, 15) is 0 Å². The van der Waals surface area contributed by atoms with E-state index >= 15 is 0 Å². The maximum absolute atomic E-state index is 4.65. The number of hydrogen-bond acceptors (Lipinski definition) is 1. The minimum absolute atomic E-state index is 0. The van der Waals surface area contributed by atoms with Crippen LogP contribution in [0.25, 0.3) is 0 Å². The first-order valence-corrected chi connectivity index (χ1v) is 2.31. The summed E-state index contributed by atoms with van der Waals surface area (Å²) in [5.41, 5.74) is 0. The predicted molar refractivity (Wildman–Crippen MR) is 27.2 cm³/mol. The van der Waals surface area contributed by atoms with Crippen molar-refractivity contribution < 1.29 is 23.6 Å². The van der Waals surface area contributed by atoms with Crippen LogP contribution < -0.4 is 18.9 Å². The maximum atomic E-state index is 4.65. The molecule has 1 heterocycles. The Morgan fingerprint density at radius 1 is 1.62 bits per heavy atom. The van der Waals surface area contributed by atoms with Gasteiger partial charge in [0.1, 0.15) is 0 Å². The van der Waals surface area contributed by atoms with Gasteiger partial charge in [-0.05, 0) is 5.92 Å². The van der Waals surface area contributed by atoms with Crippen LogP contribution in [-0.4, -0.2) is 0 Å².